The number of likely N-dealkylation sites (tertiary alicyclic amines) is 1. The van der Waals surface area contributed by atoms with E-state index in [1.165, 1.54) is 32.1 Å². The highest BCUT2D eigenvalue weighted by molar-refractivity contribution is 6.20. The molecule has 0 radical (unpaired) electrons. The van der Waals surface area contributed by atoms with Crippen molar-refractivity contribution in [3.8, 4) is 0 Å². The van der Waals surface area contributed by atoms with Crippen molar-refractivity contribution in [2.75, 3.05) is 59.0 Å². The summed E-state index contributed by atoms with van der Waals surface area (Å²) in [6.45, 7) is 8.47. The number of carbonyl (C=O) groups is 1. The zero-order chi connectivity index (χ0) is 25.8. The highest BCUT2D eigenvalue weighted by Gasteiger charge is 2.45. The van der Waals surface area contributed by atoms with Crippen LogP contribution < -0.4 is 27.4 Å². The molecular formula is C27H50ClN7O2. The first-order chi connectivity index (χ1) is 17.9. The summed E-state index contributed by atoms with van der Waals surface area (Å²) in [6.07, 6.45) is 9.56. The van der Waals surface area contributed by atoms with Crippen LogP contribution >= 0.6 is 11.6 Å². The maximum absolute atomic E-state index is 13.8. The van der Waals surface area contributed by atoms with Crippen molar-refractivity contribution in [3.63, 3.8) is 0 Å². The normalized spacial score (nSPS) is 35.5. The van der Waals surface area contributed by atoms with Crippen molar-refractivity contribution in [1.82, 2.24) is 25.8 Å². The summed E-state index contributed by atoms with van der Waals surface area (Å²) in [5.41, 5.74) is 12.9. The number of morpholine rings is 1. The van der Waals surface area contributed by atoms with Gasteiger partial charge in [-0.05, 0) is 63.3 Å². The van der Waals surface area contributed by atoms with E-state index in [-0.39, 0.29) is 23.4 Å². The van der Waals surface area contributed by atoms with E-state index >= 15 is 0 Å². The molecule has 5 atom stereocenters. The van der Waals surface area contributed by atoms with Crippen molar-refractivity contribution in [2.24, 2.45) is 22.8 Å². The lowest BCUT2D eigenvalue weighted by molar-refractivity contribution is -0.128. The van der Waals surface area contributed by atoms with Gasteiger partial charge in [0.15, 0.2) is 0 Å². The van der Waals surface area contributed by atoms with E-state index in [2.05, 4.69) is 25.8 Å². The minimum atomic E-state index is -0.706. The molecule has 4 aliphatic heterocycles. The third-order valence-electron chi connectivity index (χ3n) is 10.1. The third-order valence-corrected chi connectivity index (χ3v) is 10.5. The number of nitrogens with two attached hydrogens (primary N) is 2. The molecule has 0 bridgehead atoms. The van der Waals surface area contributed by atoms with Crippen LogP contribution in [-0.2, 0) is 9.53 Å². The van der Waals surface area contributed by atoms with Crippen molar-refractivity contribution >= 4 is 17.5 Å². The SMILES string of the molecule is NC(N)C(C(=O)NC1CNCCC1N1CCC(N2CCOCC2)CC1)C1CC2(CCC2)CCC(Cl)CN1. The van der Waals surface area contributed by atoms with Gasteiger partial charge >= 0.3 is 0 Å². The molecule has 5 aliphatic rings. The summed E-state index contributed by atoms with van der Waals surface area (Å²) >= 11 is 6.60. The Balaban J connectivity index is 1.21. The molecule has 4 saturated heterocycles. The van der Waals surface area contributed by atoms with Crippen LogP contribution in [0.1, 0.15) is 57.8 Å². The first-order valence-electron chi connectivity index (χ1n) is 14.9. The van der Waals surface area contributed by atoms with Crippen LogP contribution in [0, 0.1) is 11.3 Å². The first-order valence-corrected chi connectivity index (χ1v) is 15.3. The third kappa shape index (κ3) is 6.80. The lowest BCUT2D eigenvalue weighted by Gasteiger charge is -2.48. The molecule has 1 spiro atoms. The Bertz CT molecular complexity index is 740. The highest BCUT2D eigenvalue weighted by Crippen LogP contribution is 2.50. The topological polar surface area (TPSA) is 121 Å². The Kier molecular flexibility index (Phi) is 9.67. The van der Waals surface area contributed by atoms with E-state index in [9.17, 15) is 4.79 Å². The average molecular weight is 540 g/mol. The maximum Gasteiger partial charge on any atom is 0.227 e. The maximum atomic E-state index is 13.8. The summed E-state index contributed by atoms with van der Waals surface area (Å²) in [6, 6.07) is 1.03. The van der Waals surface area contributed by atoms with E-state index in [1.54, 1.807) is 0 Å². The molecule has 5 fully saturated rings. The van der Waals surface area contributed by atoms with Gasteiger partial charge in [0.1, 0.15) is 0 Å². The van der Waals surface area contributed by atoms with Crippen molar-refractivity contribution in [1.29, 1.82) is 0 Å². The molecule has 0 aromatic carbocycles. The number of piperidine rings is 2. The standard InChI is InChI=1S/C27H50ClN7O2/c28-19-2-8-27(6-1-7-27)16-21(32-17-19)24(25(29)30)26(36)33-22-18-31-9-3-23(22)35-10-4-20(5-11-35)34-12-14-37-15-13-34/h19-25,31-32H,1-18,29-30H2,(H,33,36). The van der Waals surface area contributed by atoms with Gasteiger partial charge in [-0.2, -0.15) is 0 Å². The number of nitrogens with one attached hydrogen (secondary N) is 3. The summed E-state index contributed by atoms with van der Waals surface area (Å²) in [5, 5.41) is 10.6. The van der Waals surface area contributed by atoms with Gasteiger partial charge in [-0.15, -0.1) is 11.6 Å². The number of alkyl halides is 1. The van der Waals surface area contributed by atoms with Crippen LogP contribution in [0.3, 0.4) is 0 Å². The minimum Gasteiger partial charge on any atom is -0.379 e. The van der Waals surface area contributed by atoms with Crippen LogP contribution in [-0.4, -0.2) is 110 Å². The molecule has 0 aromatic heterocycles. The van der Waals surface area contributed by atoms with Crippen molar-refractivity contribution < 1.29 is 9.53 Å². The second kappa shape index (κ2) is 12.8. The molecular weight excluding hydrogens is 490 g/mol. The Morgan fingerprint density at radius 2 is 1.76 bits per heavy atom. The molecule has 10 heteroatoms. The van der Waals surface area contributed by atoms with Crippen molar-refractivity contribution in [3.05, 3.63) is 0 Å². The van der Waals surface area contributed by atoms with Gasteiger partial charge in [0.05, 0.1) is 31.3 Å². The van der Waals surface area contributed by atoms with Gasteiger partial charge < -0.3 is 32.2 Å². The molecule has 7 N–H and O–H groups in total. The molecule has 37 heavy (non-hydrogen) atoms. The lowest BCUT2D eigenvalue weighted by Crippen LogP contribution is -2.65. The predicted octanol–water partition coefficient (Wildman–Crippen LogP) is 0.409. The van der Waals surface area contributed by atoms with Crippen LogP contribution in [0.15, 0.2) is 0 Å². The Morgan fingerprint density at radius 3 is 2.43 bits per heavy atom. The predicted molar refractivity (Wildman–Crippen MR) is 147 cm³/mol. The van der Waals surface area contributed by atoms with Gasteiger partial charge in [-0.3, -0.25) is 14.6 Å². The van der Waals surface area contributed by atoms with Gasteiger partial charge in [0.25, 0.3) is 0 Å². The summed E-state index contributed by atoms with van der Waals surface area (Å²) in [5.74, 6) is -0.468. The number of hydrogen-bond donors (Lipinski definition) is 5. The number of ether oxygens (including phenoxy) is 1. The van der Waals surface area contributed by atoms with E-state index in [1.807, 2.05) is 0 Å². The number of nitrogens with zero attached hydrogens (tertiary/aromatic N) is 2. The Labute approximate surface area is 228 Å². The van der Waals surface area contributed by atoms with E-state index in [0.717, 1.165) is 78.2 Å². The van der Waals surface area contributed by atoms with Gasteiger partial charge in [-0.1, -0.05) is 6.42 Å². The molecule has 4 heterocycles. The van der Waals surface area contributed by atoms with Crippen molar-refractivity contribution in [2.45, 2.75) is 93.5 Å². The molecule has 1 aliphatic carbocycles. The van der Waals surface area contributed by atoms with Crippen LogP contribution in [0.25, 0.3) is 0 Å². The van der Waals surface area contributed by atoms with Crippen LogP contribution in [0.4, 0.5) is 0 Å². The molecule has 212 valence electrons. The Morgan fingerprint density at radius 1 is 1.00 bits per heavy atom. The fraction of sp³-hybridized carbons (Fsp3) is 0.963. The smallest absolute Gasteiger partial charge is 0.227 e. The molecule has 0 aromatic rings. The molecule has 5 unspecified atom stereocenters. The second-order valence-electron chi connectivity index (χ2n) is 12.4. The monoisotopic (exact) mass is 539 g/mol. The summed E-state index contributed by atoms with van der Waals surface area (Å²) < 4.78 is 5.55. The highest BCUT2D eigenvalue weighted by atomic mass is 35.5. The average Bonchev–Trinajstić information content (AvgIpc) is 2.88. The zero-order valence-corrected chi connectivity index (χ0v) is 23.3. The summed E-state index contributed by atoms with van der Waals surface area (Å²) in [4.78, 5) is 19.1. The number of carbonyl (C=O) groups excluding carboxylic acids is 1. The van der Waals surface area contributed by atoms with E-state index in [4.69, 9.17) is 27.8 Å². The molecule has 1 amide bonds. The van der Waals surface area contributed by atoms with Gasteiger partial charge in [0.2, 0.25) is 5.91 Å². The number of rotatable bonds is 6. The largest absolute Gasteiger partial charge is 0.379 e. The second-order valence-corrected chi connectivity index (χ2v) is 13.0. The Hall–Kier alpha value is -0.520. The van der Waals surface area contributed by atoms with E-state index in [0.29, 0.717) is 24.0 Å². The minimum absolute atomic E-state index is 0.00410. The number of hydrogen-bond acceptors (Lipinski definition) is 8. The van der Waals surface area contributed by atoms with E-state index < -0.39 is 12.1 Å². The lowest BCUT2D eigenvalue weighted by atomic mass is 9.61. The fourth-order valence-electron chi connectivity index (χ4n) is 7.73. The van der Waals surface area contributed by atoms with Crippen LogP contribution in [0.5, 0.6) is 0 Å². The first kappa shape index (κ1) is 28.0. The fourth-order valence-corrected chi connectivity index (χ4v) is 7.93. The van der Waals surface area contributed by atoms with Gasteiger partial charge in [0, 0.05) is 62.8 Å². The van der Waals surface area contributed by atoms with Gasteiger partial charge in [-0.25, -0.2) is 0 Å². The molecule has 5 rings (SSSR count). The molecule has 1 saturated carbocycles. The number of amides is 1. The summed E-state index contributed by atoms with van der Waals surface area (Å²) in [7, 11) is 0. The molecule has 9 nitrogen and oxygen atoms in total. The zero-order valence-electron chi connectivity index (χ0n) is 22.5. The quantitative estimate of drug-likeness (QED) is 0.243. The number of halogens is 1. The van der Waals surface area contributed by atoms with Crippen LogP contribution in [0.2, 0.25) is 0 Å².